The summed E-state index contributed by atoms with van der Waals surface area (Å²) in [6.07, 6.45) is 1.07. The molecule has 1 heterocycles. The average molecular weight is 416 g/mol. The van der Waals surface area contributed by atoms with Crippen molar-refractivity contribution in [3.05, 3.63) is 70.2 Å². The minimum absolute atomic E-state index is 0.339. The molecule has 0 saturated carbocycles. The van der Waals surface area contributed by atoms with Gasteiger partial charge in [-0.1, -0.05) is 42.5 Å². The van der Waals surface area contributed by atoms with Crippen LogP contribution < -0.4 is 10.7 Å². The number of nitrogens with one attached hydrogen (secondary N) is 2. The second-order valence-electron chi connectivity index (χ2n) is 6.31. The van der Waals surface area contributed by atoms with Crippen molar-refractivity contribution in [1.29, 1.82) is 0 Å². The predicted molar refractivity (Wildman–Crippen MR) is 100 cm³/mol. The highest BCUT2D eigenvalue weighted by molar-refractivity contribution is 9.10. The van der Waals surface area contributed by atoms with Gasteiger partial charge in [-0.05, 0) is 53.4 Å². The van der Waals surface area contributed by atoms with Crippen molar-refractivity contribution in [1.82, 2.24) is 15.8 Å². The molecule has 3 rings (SSSR count). The van der Waals surface area contributed by atoms with E-state index in [-0.39, 0.29) is 0 Å². The summed E-state index contributed by atoms with van der Waals surface area (Å²) in [4.78, 5) is 37.3. The Balaban J connectivity index is 1.70. The molecular weight excluding hydrogens is 398 g/mol. The van der Waals surface area contributed by atoms with Gasteiger partial charge in [-0.15, -0.1) is 0 Å². The van der Waals surface area contributed by atoms with Crippen LogP contribution in [0.4, 0.5) is 4.79 Å². The number of carbonyl (C=O) groups is 3. The van der Waals surface area contributed by atoms with Gasteiger partial charge in [-0.2, -0.15) is 5.01 Å². The van der Waals surface area contributed by atoms with E-state index in [0.29, 0.717) is 22.9 Å². The lowest BCUT2D eigenvalue weighted by atomic mass is 9.93. The molecule has 6 nitrogen and oxygen atoms in total. The Bertz CT molecular complexity index is 856. The topological polar surface area (TPSA) is 78.5 Å². The van der Waals surface area contributed by atoms with Crippen LogP contribution in [0, 0.1) is 0 Å². The number of benzene rings is 2. The number of carbonyl (C=O) groups excluding carboxylic acids is 3. The van der Waals surface area contributed by atoms with Crippen LogP contribution in [0.3, 0.4) is 0 Å². The maximum Gasteiger partial charge on any atom is 0.344 e. The first kappa shape index (κ1) is 18.1. The fraction of sp³-hybridized carbons (Fsp3) is 0.211. The van der Waals surface area contributed by atoms with E-state index in [0.717, 1.165) is 10.6 Å². The molecule has 0 spiro atoms. The van der Waals surface area contributed by atoms with E-state index in [1.54, 1.807) is 31.2 Å². The molecule has 7 heteroatoms. The first-order valence-electron chi connectivity index (χ1n) is 8.17. The number of nitrogens with zero attached hydrogens (tertiary/aromatic N) is 1. The second-order valence-corrected chi connectivity index (χ2v) is 7.16. The number of rotatable bonds is 5. The Hall–Kier alpha value is -2.67. The Morgan fingerprint density at radius 2 is 1.77 bits per heavy atom. The molecule has 1 saturated heterocycles. The number of hydrogen-bond donors (Lipinski definition) is 2. The van der Waals surface area contributed by atoms with Crippen LogP contribution in [0.25, 0.3) is 0 Å². The summed E-state index contributed by atoms with van der Waals surface area (Å²) in [5.41, 5.74) is 2.74. The lowest BCUT2D eigenvalue weighted by molar-refractivity contribution is -0.132. The molecule has 1 atom stereocenters. The Kier molecular flexibility index (Phi) is 5.08. The standard InChI is InChI=1S/C19H18BrN3O3/c1-19(12-11-13-7-3-2-4-8-13)17(25)23(18(26)21-19)22-16(24)14-9-5-6-10-15(14)20/h2-10H,11-12H2,1H3,(H,21,26)(H,22,24). The second kappa shape index (κ2) is 7.29. The Labute approximate surface area is 159 Å². The summed E-state index contributed by atoms with van der Waals surface area (Å²) in [6.45, 7) is 1.67. The van der Waals surface area contributed by atoms with E-state index in [2.05, 4.69) is 26.7 Å². The maximum atomic E-state index is 12.7. The van der Waals surface area contributed by atoms with Crippen LogP contribution in [0.2, 0.25) is 0 Å². The third-order valence-corrected chi connectivity index (χ3v) is 5.04. The normalized spacial score (nSPS) is 19.4. The molecule has 0 aliphatic carbocycles. The van der Waals surface area contributed by atoms with Crippen molar-refractivity contribution in [2.45, 2.75) is 25.3 Å². The van der Waals surface area contributed by atoms with E-state index in [4.69, 9.17) is 0 Å². The van der Waals surface area contributed by atoms with Crippen LogP contribution in [-0.4, -0.2) is 28.4 Å². The number of aryl methyl sites for hydroxylation is 1. The van der Waals surface area contributed by atoms with Crippen molar-refractivity contribution in [2.75, 3.05) is 0 Å². The van der Waals surface area contributed by atoms with E-state index < -0.39 is 23.4 Å². The highest BCUT2D eigenvalue weighted by Gasteiger charge is 2.48. The van der Waals surface area contributed by atoms with Gasteiger partial charge < -0.3 is 5.32 Å². The van der Waals surface area contributed by atoms with Crippen molar-refractivity contribution >= 4 is 33.8 Å². The van der Waals surface area contributed by atoms with Gasteiger partial charge >= 0.3 is 6.03 Å². The molecule has 134 valence electrons. The summed E-state index contributed by atoms with van der Waals surface area (Å²) >= 11 is 3.28. The third kappa shape index (κ3) is 3.62. The molecule has 1 unspecified atom stereocenters. The molecule has 2 aromatic carbocycles. The van der Waals surface area contributed by atoms with E-state index in [1.807, 2.05) is 30.3 Å². The van der Waals surface area contributed by atoms with E-state index in [9.17, 15) is 14.4 Å². The molecule has 0 bridgehead atoms. The molecule has 1 fully saturated rings. The summed E-state index contributed by atoms with van der Waals surface area (Å²) in [6, 6.07) is 15.9. The van der Waals surface area contributed by atoms with Crippen molar-refractivity contribution in [2.24, 2.45) is 0 Å². The summed E-state index contributed by atoms with van der Waals surface area (Å²) in [7, 11) is 0. The number of halogens is 1. The number of imide groups is 1. The molecule has 0 radical (unpaired) electrons. The van der Waals surface area contributed by atoms with Crippen LogP contribution in [0.15, 0.2) is 59.1 Å². The van der Waals surface area contributed by atoms with Gasteiger partial charge in [-0.3, -0.25) is 15.0 Å². The molecule has 1 aliphatic heterocycles. The maximum absolute atomic E-state index is 12.7. The Morgan fingerprint density at radius 3 is 2.46 bits per heavy atom. The predicted octanol–water partition coefficient (Wildman–Crippen LogP) is 3.04. The fourth-order valence-corrected chi connectivity index (χ4v) is 3.27. The summed E-state index contributed by atoms with van der Waals surface area (Å²) in [5, 5.41) is 3.44. The first-order valence-corrected chi connectivity index (χ1v) is 8.96. The molecular formula is C19H18BrN3O3. The first-order chi connectivity index (χ1) is 12.4. The molecule has 4 amide bonds. The zero-order valence-corrected chi connectivity index (χ0v) is 15.7. The quantitative estimate of drug-likeness (QED) is 0.736. The molecule has 1 aliphatic rings. The fourth-order valence-electron chi connectivity index (χ4n) is 2.80. The lowest BCUT2D eigenvalue weighted by Gasteiger charge is -2.21. The van der Waals surface area contributed by atoms with Crippen LogP contribution in [-0.2, 0) is 11.2 Å². The van der Waals surface area contributed by atoms with E-state index in [1.165, 1.54) is 0 Å². The highest BCUT2D eigenvalue weighted by atomic mass is 79.9. The molecule has 26 heavy (non-hydrogen) atoms. The molecule has 2 aromatic rings. The lowest BCUT2D eigenvalue weighted by Crippen LogP contribution is -2.49. The van der Waals surface area contributed by atoms with Gasteiger partial charge in [0.15, 0.2) is 0 Å². The van der Waals surface area contributed by atoms with Gasteiger partial charge in [0.05, 0.1) is 5.56 Å². The number of hydrogen-bond acceptors (Lipinski definition) is 3. The molecule has 0 aromatic heterocycles. The van der Waals surface area contributed by atoms with Crippen LogP contribution in [0.1, 0.15) is 29.3 Å². The minimum atomic E-state index is -1.06. The number of hydrazine groups is 1. The van der Waals surface area contributed by atoms with Gasteiger partial charge in [-0.25, -0.2) is 4.79 Å². The SMILES string of the molecule is CC1(CCc2ccccc2)NC(=O)N(NC(=O)c2ccccc2Br)C1=O. The van der Waals surface area contributed by atoms with Crippen molar-refractivity contribution in [3.63, 3.8) is 0 Å². The smallest absolute Gasteiger partial charge is 0.322 e. The van der Waals surface area contributed by atoms with Crippen molar-refractivity contribution in [3.8, 4) is 0 Å². The van der Waals surface area contributed by atoms with Crippen molar-refractivity contribution < 1.29 is 14.4 Å². The van der Waals surface area contributed by atoms with Gasteiger partial charge in [0.25, 0.3) is 11.8 Å². The third-order valence-electron chi connectivity index (χ3n) is 4.35. The van der Waals surface area contributed by atoms with Gasteiger partial charge in [0, 0.05) is 4.47 Å². The molecule has 2 N–H and O–H groups in total. The Morgan fingerprint density at radius 1 is 1.12 bits per heavy atom. The highest BCUT2D eigenvalue weighted by Crippen LogP contribution is 2.23. The summed E-state index contributed by atoms with van der Waals surface area (Å²) < 4.78 is 0.580. The number of urea groups is 1. The number of amides is 4. The average Bonchev–Trinajstić information content (AvgIpc) is 2.85. The van der Waals surface area contributed by atoms with Gasteiger partial charge in [0.2, 0.25) is 0 Å². The largest absolute Gasteiger partial charge is 0.344 e. The van der Waals surface area contributed by atoms with Gasteiger partial charge in [0.1, 0.15) is 5.54 Å². The zero-order chi connectivity index (χ0) is 18.7. The summed E-state index contributed by atoms with van der Waals surface area (Å²) in [5.74, 6) is -1.01. The van der Waals surface area contributed by atoms with Crippen LogP contribution >= 0.6 is 15.9 Å². The monoisotopic (exact) mass is 415 g/mol. The zero-order valence-electron chi connectivity index (χ0n) is 14.2. The van der Waals surface area contributed by atoms with Crippen LogP contribution in [0.5, 0.6) is 0 Å². The van der Waals surface area contributed by atoms with E-state index >= 15 is 0 Å². The minimum Gasteiger partial charge on any atom is -0.322 e.